The second-order valence-electron chi connectivity index (χ2n) is 7.24. The summed E-state index contributed by atoms with van der Waals surface area (Å²) in [5.41, 5.74) is 0.805. The lowest BCUT2D eigenvalue weighted by Gasteiger charge is -2.32. The molecule has 0 radical (unpaired) electrons. The van der Waals surface area contributed by atoms with Gasteiger partial charge in [-0.15, -0.1) is 0 Å². The summed E-state index contributed by atoms with van der Waals surface area (Å²) in [7, 11) is -3.89. The van der Waals surface area contributed by atoms with E-state index in [0.29, 0.717) is 25.9 Å². The highest BCUT2D eigenvalue weighted by atomic mass is 32.2. The second kappa shape index (κ2) is 9.45. The zero-order valence-electron chi connectivity index (χ0n) is 16.0. The van der Waals surface area contributed by atoms with Crippen molar-refractivity contribution in [3.8, 4) is 0 Å². The molecule has 156 valence electrons. The number of nitrogens with zero attached hydrogens (tertiary/aromatic N) is 1. The van der Waals surface area contributed by atoms with Gasteiger partial charge in [0.1, 0.15) is 16.5 Å². The van der Waals surface area contributed by atoms with Crippen LogP contribution in [-0.2, 0) is 21.4 Å². The van der Waals surface area contributed by atoms with Gasteiger partial charge in [-0.1, -0.05) is 24.3 Å². The minimum absolute atomic E-state index is 0.0434. The summed E-state index contributed by atoms with van der Waals surface area (Å²) in [5, 5.41) is 2.79. The zero-order chi connectivity index (χ0) is 20.9. The normalized spacial score (nSPS) is 17.8. The van der Waals surface area contributed by atoms with E-state index in [9.17, 15) is 22.0 Å². The number of hydrogen-bond acceptors (Lipinski definition) is 3. The maximum atomic E-state index is 14.0. The molecule has 2 aromatic carbocycles. The van der Waals surface area contributed by atoms with Crippen molar-refractivity contribution >= 4 is 15.9 Å². The molecule has 1 amide bonds. The van der Waals surface area contributed by atoms with E-state index in [4.69, 9.17) is 0 Å². The predicted molar refractivity (Wildman–Crippen MR) is 105 cm³/mol. The zero-order valence-corrected chi connectivity index (χ0v) is 16.8. The van der Waals surface area contributed by atoms with Crippen LogP contribution in [0.5, 0.6) is 0 Å². The van der Waals surface area contributed by atoms with Gasteiger partial charge in [0, 0.05) is 26.1 Å². The maximum Gasteiger partial charge on any atom is 0.245 e. The quantitative estimate of drug-likeness (QED) is 0.743. The van der Waals surface area contributed by atoms with Crippen molar-refractivity contribution in [1.29, 1.82) is 0 Å². The summed E-state index contributed by atoms with van der Waals surface area (Å²) in [6, 6.07) is 11.3. The van der Waals surface area contributed by atoms with E-state index in [1.54, 1.807) is 12.1 Å². The smallest absolute Gasteiger partial charge is 0.245 e. The topological polar surface area (TPSA) is 66.5 Å². The Bertz CT molecular complexity index is 949. The molecule has 0 bridgehead atoms. The van der Waals surface area contributed by atoms with Crippen molar-refractivity contribution in [2.45, 2.75) is 37.1 Å². The molecule has 1 aliphatic rings. The predicted octanol–water partition coefficient (Wildman–Crippen LogP) is 3.46. The fourth-order valence-electron chi connectivity index (χ4n) is 3.50. The molecule has 0 saturated carbocycles. The standard InChI is InChI=1S/C21H24F2N2O3S/c22-18-10-7-16(8-11-18)14-24-21(26)12-9-17-4-3-13-25(15-17)29(27,28)20-6-2-1-5-19(20)23/h1-2,5-8,10-11,17H,3-4,9,12-15H2,(H,24,26). The molecule has 0 spiro atoms. The molecular weight excluding hydrogens is 398 g/mol. The summed E-state index contributed by atoms with van der Waals surface area (Å²) in [6.45, 7) is 0.948. The summed E-state index contributed by atoms with van der Waals surface area (Å²) in [6.07, 6.45) is 2.34. The number of nitrogens with one attached hydrogen (secondary N) is 1. The Morgan fingerprint density at radius 2 is 1.83 bits per heavy atom. The molecule has 1 unspecified atom stereocenters. The van der Waals surface area contributed by atoms with E-state index in [-0.39, 0.29) is 35.5 Å². The van der Waals surface area contributed by atoms with Gasteiger partial charge in [0.25, 0.3) is 0 Å². The average Bonchev–Trinajstić information content (AvgIpc) is 2.72. The molecule has 1 atom stereocenters. The van der Waals surface area contributed by atoms with E-state index in [1.165, 1.54) is 34.6 Å². The molecule has 1 aliphatic heterocycles. The number of sulfonamides is 1. The minimum atomic E-state index is -3.89. The molecule has 2 aromatic rings. The molecule has 5 nitrogen and oxygen atoms in total. The lowest BCUT2D eigenvalue weighted by atomic mass is 9.94. The Balaban J connectivity index is 1.51. The third-order valence-corrected chi connectivity index (χ3v) is 7.02. The van der Waals surface area contributed by atoms with Gasteiger partial charge in [0.05, 0.1) is 0 Å². The number of carbonyl (C=O) groups excluding carboxylic acids is 1. The van der Waals surface area contributed by atoms with Gasteiger partial charge in [-0.2, -0.15) is 4.31 Å². The van der Waals surface area contributed by atoms with Gasteiger partial charge < -0.3 is 5.32 Å². The third-order valence-electron chi connectivity index (χ3n) is 5.12. The van der Waals surface area contributed by atoms with Crippen LogP contribution in [0.2, 0.25) is 0 Å². The molecule has 3 rings (SSSR count). The van der Waals surface area contributed by atoms with Crippen LogP contribution in [0.15, 0.2) is 53.4 Å². The largest absolute Gasteiger partial charge is 0.352 e. The second-order valence-corrected chi connectivity index (χ2v) is 9.15. The van der Waals surface area contributed by atoms with Crippen molar-refractivity contribution in [2.24, 2.45) is 5.92 Å². The SMILES string of the molecule is O=C(CCC1CCCN(S(=O)(=O)c2ccccc2F)C1)NCc1ccc(F)cc1. The van der Waals surface area contributed by atoms with E-state index in [2.05, 4.69) is 5.32 Å². The Morgan fingerprint density at radius 1 is 1.10 bits per heavy atom. The van der Waals surface area contributed by atoms with Crippen LogP contribution in [0.3, 0.4) is 0 Å². The van der Waals surface area contributed by atoms with Gasteiger partial charge in [0.2, 0.25) is 15.9 Å². The highest BCUT2D eigenvalue weighted by Gasteiger charge is 2.31. The third kappa shape index (κ3) is 5.61. The Morgan fingerprint density at radius 3 is 2.55 bits per heavy atom. The van der Waals surface area contributed by atoms with E-state index in [1.807, 2.05) is 0 Å². The molecule has 1 heterocycles. The van der Waals surface area contributed by atoms with Crippen LogP contribution >= 0.6 is 0 Å². The highest BCUT2D eigenvalue weighted by molar-refractivity contribution is 7.89. The monoisotopic (exact) mass is 422 g/mol. The van der Waals surface area contributed by atoms with Gasteiger partial charge >= 0.3 is 0 Å². The van der Waals surface area contributed by atoms with Crippen LogP contribution < -0.4 is 5.32 Å². The van der Waals surface area contributed by atoms with Crippen molar-refractivity contribution in [3.05, 3.63) is 65.7 Å². The number of benzene rings is 2. The molecule has 29 heavy (non-hydrogen) atoms. The average molecular weight is 422 g/mol. The number of rotatable bonds is 7. The van der Waals surface area contributed by atoms with Crippen LogP contribution in [0, 0.1) is 17.6 Å². The van der Waals surface area contributed by atoms with Gasteiger partial charge in [-0.05, 0) is 55.0 Å². The van der Waals surface area contributed by atoms with Crippen LogP contribution in [0.4, 0.5) is 8.78 Å². The van der Waals surface area contributed by atoms with Crippen LogP contribution in [0.25, 0.3) is 0 Å². The Kier molecular flexibility index (Phi) is 6.97. The molecular formula is C21H24F2N2O3S. The van der Waals surface area contributed by atoms with Crippen molar-refractivity contribution in [1.82, 2.24) is 9.62 Å². The first-order valence-corrected chi connectivity index (χ1v) is 11.1. The minimum Gasteiger partial charge on any atom is -0.352 e. The first-order chi connectivity index (χ1) is 13.9. The number of amides is 1. The lowest BCUT2D eigenvalue weighted by Crippen LogP contribution is -2.40. The van der Waals surface area contributed by atoms with Gasteiger partial charge in [-0.3, -0.25) is 4.79 Å². The van der Waals surface area contributed by atoms with E-state index in [0.717, 1.165) is 18.1 Å². The number of hydrogen-bond donors (Lipinski definition) is 1. The fourth-order valence-corrected chi connectivity index (χ4v) is 5.12. The Labute approximate surface area is 169 Å². The van der Waals surface area contributed by atoms with Crippen molar-refractivity contribution in [2.75, 3.05) is 13.1 Å². The van der Waals surface area contributed by atoms with Gasteiger partial charge in [0.15, 0.2) is 0 Å². The summed E-state index contributed by atoms with van der Waals surface area (Å²) in [4.78, 5) is 11.8. The molecule has 1 N–H and O–H groups in total. The van der Waals surface area contributed by atoms with Crippen LogP contribution in [-0.4, -0.2) is 31.7 Å². The van der Waals surface area contributed by atoms with E-state index < -0.39 is 15.8 Å². The Hall–Kier alpha value is -2.32. The molecule has 1 fully saturated rings. The lowest BCUT2D eigenvalue weighted by molar-refractivity contribution is -0.121. The molecule has 1 saturated heterocycles. The van der Waals surface area contributed by atoms with Crippen molar-refractivity contribution < 1.29 is 22.0 Å². The number of halogens is 2. The van der Waals surface area contributed by atoms with Gasteiger partial charge in [-0.25, -0.2) is 17.2 Å². The summed E-state index contributed by atoms with van der Waals surface area (Å²) >= 11 is 0. The number of piperidine rings is 1. The summed E-state index contributed by atoms with van der Waals surface area (Å²) < 4.78 is 53.7. The first-order valence-electron chi connectivity index (χ1n) is 9.62. The first kappa shape index (κ1) is 21.4. The van der Waals surface area contributed by atoms with Crippen LogP contribution in [0.1, 0.15) is 31.2 Å². The van der Waals surface area contributed by atoms with Crippen molar-refractivity contribution in [3.63, 3.8) is 0 Å². The highest BCUT2D eigenvalue weighted by Crippen LogP contribution is 2.27. The molecule has 0 aliphatic carbocycles. The summed E-state index contributed by atoms with van der Waals surface area (Å²) in [5.74, 6) is -1.17. The maximum absolute atomic E-state index is 14.0. The van der Waals surface area contributed by atoms with E-state index >= 15 is 0 Å². The molecule has 0 aromatic heterocycles. The fraction of sp³-hybridized carbons (Fsp3) is 0.381. The molecule has 8 heteroatoms. The number of carbonyl (C=O) groups is 1.